The van der Waals surface area contributed by atoms with Gasteiger partial charge in [-0.3, -0.25) is 0 Å². The van der Waals surface area contributed by atoms with Gasteiger partial charge in [0.05, 0.1) is 6.61 Å². The van der Waals surface area contributed by atoms with Crippen LogP contribution in [0.1, 0.15) is 15.3 Å². The number of thiophene rings is 1. The lowest BCUT2D eigenvalue weighted by Crippen LogP contribution is -2.20. The van der Waals surface area contributed by atoms with Crippen molar-refractivity contribution < 1.29 is 5.11 Å². The number of allylic oxidation sites excluding steroid dienone is 1. The normalized spacial score (nSPS) is 10.2. The molecule has 2 aromatic rings. The molecule has 0 unspecified atom stereocenters. The number of aliphatic hydroxyl groups is 1. The lowest BCUT2D eigenvalue weighted by Gasteiger charge is -2.17. The van der Waals surface area contributed by atoms with E-state index in [0.29, 0.717) is 6.54 Å². The van der Waals surface area contributed by atoms with Crippen LogP contribution in [0.25, 0.3) is 18.2 Å². The summed E-state index contributed by atoms with van der Waals surface area (Å²) in [6.45, 7) is 0.737. The predicted molar refractivity (Wildman–Crippen MR) is 99.2 cm³/mol. The SMILES string of the molecule is CN(CCO)c1ccc(/C=C/c2ccc(C=C(C#N)C#N)s2)cc1. The molecule has 1 N–H and O–H groups in total. The van der Waals surface area contributed by atoms with E-state index in [1.807, 2.05) is 72.6 Å². The summed E-state index contributed by atoms with van der Waals surface area (Å²) in [6, 6.07) is 15.7. The molecule has 1 heterocycles. The monoisotopic (exact) mass is 335 g/mol. The zero-order valence-corrected chi connectivity index (χ0v) is 14.1. The van der Waals surface area contributed by atoms with Gasteiger partial charge in [0.25, 0.3) is 0 Å². The molecule has 0 saturated heterocycles. The van der Waals surface area contributed by atoms with Crippen LogP contribution in [0.15, 0.2) is 42.0 Å². The van der Waals surface area contributed by atoms with E-state index in [-0.39, 0.29) is 12.2 Å². The molecular weight excluding hydrogens is 318 g/mol. The lowest BCUT2D eigenvalue weighted by atomic mass is 10.2. The second kappa shape index (κ2) is 8.69. The molecule has 0 saturated carbocycles. The molecule has 0 bridgehead atoms. The minimum absolute atomic E-state index is 0.106. The number of nitrogens with zero attached hydrogens (tertiary/aromatic N) is 3. The van der Waals surface area contributed by atoms with Gasteiger partial charge in [-0.2, -0.15) is 10.5 Å². The van der Waals surface area contributed by atoms with Crippen LogP contribution in [0.3, 0.4) is 0 Å². The summed E-state index contributed by atoms with van der Waals surface area (Å²) in [5.74, 6) is 0. The zero-order chi connectivity index (χ0) is 17.4. The third kappa shape index (κ3) is 4.82. The van der Waals surface area contributed by atoms with Gasteiger partial charge in [0.15, 0.2) is 0 Å². The number of likely N-dealkylation sites (N-methyl/N-ethyl adjacent to an activating group) is 1. The average Bonchev–Trinajstić information content (AvgIpc) is 3.06. The highest BCUT2D eigenvalue weighted by Crippen LogP contribution is 2.22. The summed E-state index contributed by atoms with van der Waals surface area (Å²) in [5.41, 5.74) is 2.25. The van der Waals surface area contributed by atoms with Crippen LogP contribution in [0, 0.1) is 22.7 Å². The number of nitriles is 2. The van der Waals surface area contributed by atoms with E-state index in [2.05, 4.69) is 0 Å². The third-order valence-electron chi connectivity index (χ3n) is 3.38. The Kier molecular flexibility index (Phi) is 6.33. The van der Waals surface area contributed by atoms with Crippen molar-refractivity contribution in [3.05, 3.63) is 57.3 Å². The number of rotatable bonds is 6. The maximum absolute atomic E-state index is 8.96. The fourth-order valence-electron chi connectivity index (χ4n) is 2.06. The number of hydrogen-bond acceptors (Lipinski definition) is 5. The molecule has 1 aromatic carbocycles. The van der Waals surface area contributed by atoms with Gasteiger partial charge in [0.1, 0.15) is 17.7 Å². The van der Waals surface area contributed by atoms with E-state index in [1.165, 1.54) is 11.3 Å². The van der Waals surface area contributed by atoms with Crippen molar-refractivity contribution >= 4 is 35.3 Å². The maximum atomic E-state index is 8.96. The van der Waals surface area contributed by atoms with Gasteiger partial charge >= 0.3 is 0 Å². The molecule has 120 valence electrons. The topological polar surface area (TPSA) is 71.0 Å². The molecule has 0 aliphatic rings. The second-order valence-corrected chi connectivity index (χ2v) is 6.24. The van der Waals surface area contributed by atoms with E-state index in [1.54, 1.807) is 6.08 Å². The number of benzene rings is 1. The van der Waals surface area contributed by atoms with Gasteiger partial charge in [0.2, 0.25) is 0 Å². The van der Waals surface area contributed by atoms with E-state index in [0.717, 1.165) is 21.0 Å². The molecule has 5 heteroatoms. The molecule has 0 aliphatic heterocycles. The first-order valence-corrected chi connectivity index (χ1v) is 8.20. The first-order valence-electron chi connectivity index (χ1n) is 7.38. The van der Waals surface area contributed by atoms with Crippen LogP contribution in [-0.2, 0) is 0 Å². The van der Waals surface area contributed by atoms with Gasteiger partial charge in [-0.1, -0.05) is 18.2 Å². The Labute approximate surface area is 145 Å². The minimum atomic E-state index is 0.106. The Hall–Kier alpha value is -2.86. The van der Waals surface area contributed by atoms with E-state index in [4.69, 9.17) is 15.6 Å². The van der Waals surface area contributed by atoms with Crippen LogP contribution in [-0.4, -0.2) is 25.3 Å². The van der Waals surface area contributed by atoms with Crippen LogP contribution in [0.4, 0.5) is 5.69 Å². The molecule has 2 rings (SSSR count). The Morgan fingerprint density at radius 2 is 1.75 bits per heavy atom. The maximum Gasteiger partial charge on any atom is 0.131 e. The average molecular weight is 335 g/mol. The molecule has 0 atom stereocenters. The fourth-order valence-corrected chi connectivity index (χ4v) is 2.92. The van der Waals surface area contributed by atoms with Gasteiger partial charge in [-0.25, -0.2) is 0 Å². The van der Waals surface area contributed by atoms with E-state index in [9.17, 15) is 0 Å². The highest BCUT2D eigenvalue weighted by Gasteiger charge is 2.00. The molecule has 24 heavy (non-hydrogen) atoms. The number of aliphatic hydroxyl groups excluding tert-OH is 1. The highest BCUT2D eigenvalue weighted by molar-refractivity contribution is 7.13. The number of anilines is 1. The first-order chi connectivity index (χ1) is 11.7. The minimum Gasteiger partial charge on any atom is -0.395 e. The fraction of sp³-hybridized carbons (Fsp3) is 0.158. The molecule has 0 fully saturated rings. The molecule has 1 aromatic heterocycles. The van der Waals surface area contributed by atoms with Crippen molar-refractivity contribution in [3.8, 4) is 12.1 Å². The summed E-state index contributed by atoms with van der Waals surface area (Å²) in [4.78, 5) is 3.93. The summed E-state index contributed by atoms with van der Waals surface area (Å²) < 4.78 is 0. The molecule has 0 spiro atoms. The van der Waals surface area contributed by atoms with Crippen molar-refractivity contribution in [2.75, 3.05) is 25.1 Å². The largest absolute Gasteiger partial charge is 0.395 e. The third-order valence-corrected chi connectivity index (χ3v) is 4.38. The molecular formula is C19H17N3OS. The van der Waals surface area contributed by atoms with Crippen molar-refractivity contribution in [1.29, 1.82) is 10.5 Å². The van der Waals surface area contributed by atoms with Crippen molar-refractivity contribution in [1.82, 2.24) is 0 Å². The second-order valence-electron chi connectivity index (χ2n) is 5.09. The highest BCUT2D eigenvalue weighted by atomic mass is 32.1. The Morgan fingerprint density at radius 3 is 2.38 bits per heavy atom. The zero-order valence-electron chi connectivity index (χ0n) is 13.3. The van der Waals surface area contributed by atoms with E-state index < -0.39 is 0 Å². The predicted octanol–water partition coefficient (Wildman–Crippen LogP) is 3.78. The molecule has 0 amide bonds. The van der Waals surface area contributed by atoms with Gasteiger partial charge in [0, 0.05) is 29.0 Å². The van der Waals surface area contributed by atoms with E-state index >= 15 is 0 Å². The Morgan fingerprint density at radius 1 is 1.08 bits per heavy atom. The number of hydrogen-bond donors (Lipinski definition) is 1. The lowest BCUT2D eigenvalue weighted by molar-refractivity contribution is 0.304. The van der Waals surface area contributed by atoms with Gasteiger partial charge < -0.3 is 10.0 Å². The van der Waals surface area contributed by atoms with Crippen LogP contribution in [0.5, 0.6) is 0 Å². The standard InChI is InChI=1S/C19H17N3OS/c1-22(10-11-23)17-5-2-15(3-6-17)4-7-18-8-9-19(24-18)12-16(13-20)14-21/h2-9,12,23H,10-11H2,1H3/b7-4+. The quantitative estimate of drug-likeness (QED) is 0.816. The summed E-state index contributed by atoms with van der Waals surface area (Å²) in [6.07, 6.45) is 5.62. The van der Waals surface area contributed by atoms with Crippen LogP contribution >= 0.6 is 11.3 Å². The summed E-state index contributed by atoms with van der Waals surface area (Å²) in [5, 5.41) is 26.5. The molecule has 0 aliphatic carbocycles. The summed E-state index contributed by atoms with van der Waals surface area (Å²) in [7, 11) is 1.94. The molecule has 4 nitrogen and oxygen atoms in total. The van der Waals surface area contributed by atoms with Crippen LogP contribution < -0.4 is 4.90 Å². The van der Waals surface area contributed by atoms with Crippen molar-refractivity contribution in [3.63, 3.8) is 0 Å². The smallest absolute Gasteiger partial charge is 0.131 e. The van der Waals surface area contributed by atoms with Gasteiger partial charge in [-0.15, -0.1) is 11.3 Å². The van der Waals surface area contributed by atoms with Gasteiger partial charge in [-0.05, 0) is 42.0 Å². The molecule has 0 radical (unpaired) electrons. The van der Waals surface area contributed by atoms with Crippen LogP contribution in [0.2, 0.25) is 0 Å². The van der Waals surface area contributed by atoms with Crippen molar-refractivity contribution in [2.45, 2.75) is 0 Å². The summed E-state index contributed by atoms with van der Waals surface area (Å²) >= 11 is 1.52. The Balaban J connectivity index is 2.07. The Bertz CT molecular complexity index is 804. The first kappa shape index (κ1) is 17.5. The van der Waals surface area contributed by atoms with Crippen molar-refractivity contribution in [2.24, 2.45) is 0 Å².